The molecule has 0 aromatic heterocycles. The van der Waals surface area contributed by atoms with Crippen LogP contribution in [0, 0.1) is 11.8 Å². The molecule has 92 valence electrons. The minimum Gasteiger partial charge on any atom is -0.481 e. The van der Waals surface area contributed by atoms with Gasteiger partial charge in [0, 0.05) is 5.56 Å². The molecule has 0 fully saturated rings. The zero-order chi connectivity index (χ0) is 12.8. The summed E-state index contributed by atoms with van der Waals surface area (Å²) < 4.78 is 0. The molecule has 0 aliphatic rings. The SMILES string of the molecule is C[C@H](CCN)[C@H](C(=O)O)C(=O)c1ccccc1. The van der Waals surface area contributed by atoms with Crippen LogP contribution in [0.1, 0.15) is 23.7 Å². The van der Waals surface area contributed by atoms with E-state index in [1.54, 1.807) is 37.3 Å². The minimum absolute atomic E-state index is 0.259. The lowest BCUT2D eigenvalue weighted by molar-refractivity contribution is -0.141. The van der Waals surface area contributed by atoms with Gasteiger partial charge in [0.05, 0.1) is 0 Å². The second kappa shape index (κ2) is 6.15. The third kappa shape index (κ3) is 3.39. The van der Waals surface area contributed by atoms with Gasteiger partial charge in [0.25, 0.3) is 0 Å². The quantitative estimate of drug-likeness (QED) is 0.579. The van der Waals surface area contributed by atoms with Gasteiger partial charge in [-0.3, -0.25) is 9.59 Å². The number of ketones is 1. The summed E-state index contributed by atoms with van der Waals surface area (Å²) in [5.41, 5.74) is 5.84. The molecule has 1 aromatic rings. The van der Waals surface area contributed by atoms with Crippen LogP contribution in [0.4, 0.5) is 0 Å². The fraction of sp³-hybridized carbons (Fsp3) is 0.385. The fourth-order valence-electron chi connectivity index (χ4n) is 1.83. The van der Waals surface area contributed by atoms with Crippen LogP contribution >= 0.6 is 0 Å². The van der Waals surface area contributed by atoms with Crippen molar-refractivity contribution in [1.82, 2.24) is 0 Å². The highest BCUT2D eigenvalue weighted by Gasteiger charge is 2.32. The molecule has 4 heteroatoms. The number of carbonyl (C=O) groups excluding carboxylic acids is 1. The highest BCUT2D eigenvalue weighted by molar-refractivity contribution is 6.08. The Morgan fingerprint density at radius 1 is 1.29 bits per heavy atom. The third-order valence-electron chi connectivity index (χ3n) is 2.80. The van der Waals surface area contributed by atoms with Gasteiger partial charge in [0.2, 0.25) is 0 Å². The monoisotopic (exact) mass is 235 g/mol. The molecule has 0 radical (unpaired) electrons. The number of carboxylic acids is 1. The van der Waals surface area contributed by atoms with Crippen LogP contribution in [0.15, 0.2) is 30.3 Å². The predicted octanol–water partition coefficient (Wildman–Crippen LogP) is 1.55. The van der Waals surface area contributed by atoms with Crippen LogP contribution in [-0.4, -0.2) is 23.4 Å². The van der Waals surface area contributed by atoms with Gasteiger partial charge in [-0.1, -0.05) is 37.3 Å². The molecule has 0 heterocycles. The van der Waals surface area contributed by atoms with E-state index in [4.69, 9.17) is 10.8 Å². The number of hydrogen-bond acceptors (Lipinski definition) is 3. The Morgan fingerprint density at radius 3 is 2.35 bits per heavy atom. The Balaban J connectivity index is 2.92. The van der Waals surface area contributed by atoms with Crippen LogP contribution in [0.25, 0.3) is 0 Å². The van der Waals surface area contributed by atoms with Crippen molar-refractivity contribution in [3.05, 3.63) is 35.9 Å². The molecular weight excluding hydrogens is 218 g/mol. The van der Waals surface area contributed by atoms with Crippen molar-refractivity contribution in [3.8, 4) is 0 Å². The Bertz CT molecular complexity index is 389. The number of rotatable bonds is 6. The molecule has 4 nitrogen and oxygen atoms in total. The van der Waals surface area contributed by atoms with Crippen molar-refractivity contribution in [2.75, 3.05) is 6.54 Å². The lowest BCUT2D eigenvalue weighted by atomic mass is 9.85. The molecule has 0 spiro atoms. The zero-order valence-electron chi connectivity index (χ0n) is 9.80. The van der Waals surface area contributed by atoms with Crippen molar-refractivity contribution in [1.29, 1.82) is 0 Å². The standard InChI is InChI=1S/C13H17NO3/c1-9(7-8-14)11(13(16)17)12(15)10-5-3-2-4-6-10/h2-6,9,11H,7-8,14H2,1H3,(H,16,17)/t9-,11+/m1/s1. The van der Waals surface area contributed by atoms with E-state index in [0.717, 1.165) is 0 Å². The number of carbonyl (C=O) groups is 2. The van der Waals surface area contributed by atoms with E-state index in [2.05, 4.69) is 0 Å². The summed E-state index contributed by atoms with van der Waals surface area (Å²) in [4.78, 5) is 23.2. The molecule has 0 saturated carbocycles. The summed E-state index contributed by atoms with van der Waals surface area (Å²) in [6.45, 7) is 2.12. The van der Waals surface area contributed by atoms with Gasteiger partial charge >= 0.3 is 5.97 Å². The first-order valence-corrected chi connectivity index (χ1v) is 5.60. The first kappa shape index (κ1) is 13.4. The molecule has 1 rings (SSSR count). The Hall–Kier alpha value is -1.68. The lowest BCUT2D eigenvalue weighted by Gasteiger charge is -2.18. The molecule has 0 aliphatic heterocycles. The lowest BCUT2D eigenvalue weighted by Crippen LogP contribution is -2.31. The summed E-state index contributed by atoms with van der Waals surface area (Å²) in [6.07, 6.45) is 0.523. The number of nitrogens with two attached hydrogens (primary N) is 1. The van der Waals surface area contributed by atoms with E-state index < -0.39 is 11.9 Å². The van der Waals surface area contributed by atoms with Crippen LogP contribution < -0.4 is 5.73 Å². The molecule has 3 N–H and O–H groups in total. The Labute approximate surface area is 100 Å². The first-order chi connectivity index (χ1) is 8.07. The molecule has 0 amide bonds. The van der Waals surface area contributed by atoms with Crippen molar-refractivity contribution in [2.24, 2.45) is 17.6 Å². The highest BCUT2D eigenvalue weighted by Crippen LogP contribution is 2.20. The molecule has 0 saturated heterocycles. The smallest absolute Gasteiger partial charge is 0.314 e. The molecular formula is C13H17NO3. The second-order valence-electron chi connectivity index (χ2n) is 4.10. The minimum atomic E-state index is -1.08. The molecule has 1 aromatic carbocycles. The normalized spacial score (nSPS) is 14.0. The summed E-state index contributed by atoms with van der Waals surface area (Å²) in [5.74, 6) is -2.70. The third-order valence-corrected chi connectivity index (χ3v) is 2.80. The summed E-state index contributed by atoms with van der Waals surface area (Å²) in [7, 11) is 0. The van der Waals surface area contributed by atoms with E-state index in [1.165, 1.54) is 0 Å². The molecule has 0 unspecified atom stereocenters. The maximum absolute atomic E-state index is 12.1. The van der Waals surface area contributed by atoms with E-state index in [-0.39, 0.29) is 11.7 Å². The van der Waals surface area contributed by atoms with E-state index >= 15 is 0 Å². The summed E-state index contributed by atoms with van der Waals surface area (Å²) in [6, 6.07) is 8.50. The predicted molar refractivity (Wildman–Crippen MR) is 64.7 cm³/mol. The van der Waals surface area contributed by atoms with Crippen LogP contribution in [0.2, 0.25) is 0 Å². The topological polar surface area (TPSA) is 80.4 Å². The van der Waals surface area contributed by atoms with Gasteiger partial charge < -0.3 is 10.8 Å². The molecule has 0 aliphatic carbocycles. The number of hydrogen-bond donors (Lipinski definition) is 2. The highest BCUT2D eigenvalue weighted by atomic mass is 16.4. The average Bonchev–Trinajstić information content (AvgIpc) is 2.30. The van der Waals surface area contributed by atoms with Gasteiger partial charge in [-0.15, -0.1) is 0 Å². The molecule has 2 atom stereocenters. The summed E-state index contributed by atoms with van der Waals surface area (Å²) in [5, 5.41) is 9.14. The number of benzene rings is 1. The molecule has 17 heavy (non-hydrogen) atoms. The average molecular weight is 235 g/mol. The van der Waals surface area contributed by atoms with Crippen molar-refractivity contribution < 1.29 is 14.7 Å². The maximum atomic E-state index is 12.1. The largest absolute Gasteiger partial charge is 0.481 e. The second-order valence-corrected chi connectivity index (χ2v) is 4.10. The van der Waals surface area contributed by atoms with Gasteiger partial charge in [-0.05, 0) is 18.9 Å². The summed E-state index contributed by atoms with van der Waals surface area (Å²) >= 11 is 0. The Kier molecular flexibility index (Phi) is 4.84. The van der Waals surface area contributed by atoms with Gasteiger partial charge in [0.1, 0.15) is 5.92 Å². The van der Waals surface area contributed by atoms with Crippen molar-refractivity contribution in [3.63, 3.8) is 0 Å². The zero-order valence-corrected chi connectivity index (χ0v) is 9.80. The van der Waals surface area contributed by atoms with E-state index in [1.807, 2.05) is 0 Å². The molecule has 0 bridgehead atoms. The number of aliphatic carboxylic acids is 1. The van der Waals surface area contributed by atoms with Gasteiger partial charge in [-0.2, -0.15) is 0 Å². The first-order valence-electron chi connectivity index (χ1n) is 5.60. The van der Waals surface area contributed by atoms with Gasteiger partial charge in [0.15, 0.2) is 5.78 Å². The van der Waals surface area contributed by atoms with Crippen molar-refractivity contribution in [2.45, 2.75) is 13.3 Å². The van der Waals surface area contributed by atoms with Gasteiger partial charge in [-0.25, -0.2) is 0 Å². The van der Waals surface area contributed by atoms with E-state index in [9.17, 15) is 9.59 Å². The van der Waals surface area contributed by atoms with Crippen molar-refractivity contribution >= 4 is 11.8 Å². The number of Topliss-reactive ketones (excluding diaryl/α,β-unsaturated/α-hetero) is 1. The fourth-order valence-corrected chi connectivity index (χ4v) is 1.83. The number of carboxylic acid groups (broad SMARTS) is 1. The van der Waals surface area contributed by atoms with Crippen LogP contribution in [-0.2, 0) is 4.79 Å². The van der Waals surface area contributed by atoms with Crippen LogP contribution in [0.5, 0.6) is 0 Å². The van der Waals surface area contributed by atoms with E-state index in [0.29, 0.717) is 18.5 Å². The Morgan fingerprint density at radius 2 is 1.88 bits per heavy atom. The van der Waals surface area contributed by atoms with Crippen LogP contribution in [0.3, 0.4) is 0 Å². The maximum Gasteiger partial charge on any atom is 0.314 e.